The van der Waals surface area contributed by atoms with Gasteiger partial charge in [-0.25, -0.2) is 4.68 Å². The van der Waals surface area contributed by atoms with Crippen LogP contribution in [0.3, 0.4) is 0 Å². The van der Waals surface area contributed by atoms with E-state index < -0.39 is 0 Å². The minimum absolute atomic E-state index is 0.652. The van der Waals surface area contributed by atoms with Gasteiger partial charge in [-0.15, -0.1) is 0 Å². The van der Waals surface area contributed by atoms with Crippen LogP contribution in [0, 0.1) is 6.92 Å². The summed E-state index contributed by atoms with van der Waals surface area (Å²) in [6, 6.07) is 19.7. The fourth-order valence-electron chi connectivity index (χ4n) is 3.86. The van der Waals surface area contributed by atoms with Crippen molar-refractivity contribution in [2.75, 3.05) is 14.2 Å². The number of methoxy groups -OCH3 is 2. The van der Waals surface area contributed by atoms with Crippen LogP contribution >= 0.6 is 11.6 Å². The van der Waals surface area contributed by atoms with Crippen molar-refractivity contribution in [2.45, 2.75) is 6.92 Å². The van der Waals surface area contributed by atoms with Gasteiger partial charge in [-0.05, 0) is 61.5 Å². The summed E-state index contributed by atoms with van der Waals surface area (Å²) in [5, 5.41) is 7.70. The number of benzene rings is 3. The molecule has 0 fully saturated rings. The summed E-state index contributed by atoms with van der Waals surface area (Å²) < 4.78 is 12.9. The summed E-state index contributed by atoms with van der Waals surface area (Å²) >= 11 is 6.13. The van der Waals surface area contributed by atoms with Gasteiger partial charge in [-0.2, -0.15) is 5.10 Å². The second kappa shape index (κ2) is 7.60. The number of aryl methyl sites for hydroxylation is 1. The van der Waals surface area contributed by atoms with Crippen LogP contribution in [0.15, 0.2) is 66.9 Å². The van der Waals surface area contributed by atoms with Crippen LogP contribution in [-0.2, 0) is 0 Å². The normalized spacial score (nSPS) is 11.2. The van der Waals surface area contributed by atoms with E-state index in [1.165, 1.54) is 5.56 Å². The summed E-state index contributed by atoms with van der Waals surface area (Å²) in [6.45, 7) is 2.08. The van der Waals surface area contributed by atoms with Gasteiger partial charge in [0.15, 0.2) is 11.5 Å². The maximum atomic E-state index is 6.13. The zero-order valence-electron chi connectivity index (χ0n) is 17.4. The zero-order chi connectivity index (χ0) is 21.5. The van der Waals surface area contributed by atoms with E-state index in [2.05, 4.69) is 19.1 Å². The molecule has 5 aromatic rings. The minimum Gasteiger partial charge on any atom is -0.493 e. The molecule has 0 unspecified atom stereocenters. The van der Waals surface area contributed by atoms with Gasteiger partial charge in [0.1, 0.15) is 5.69 Å². The first-order chi connectivity index (χ1) is 15.1. The molecule has 6 heteroatoms. The monoisotopic (exact) mass is 429 g/mol. The number of hydrogen-bond donors (Lipinski definition) is 0. The van der Waals surface area contributed by atoms with Crippen molar-refractivity contribution in [3.05, 3.63) is 77.4 Å². The molecule has 2 aromatic heterocycles. The maximum absolute atomic E-state index is 6.13. The molecule has 31 heavy (non-hydrogen) atoms. The van der Waals surface area contributed by atoms with Gasteiger partial charge in [0.05, 0.1) is 30.9 Å². The Morgan fingerprint density at radius 2 is 1.61 bits per heavy atom. The van der Waals surface area contributed by atoms with Gasteiger partial charge < -0.3 is 9.47 Å². The Balaban J connectivity index is 1.86. The Bertz CT molecular complexity index is 1420. The topological polar surface area (TPSA) is 49.2 Å². The molecule has 0 aliphatic heterocycles. The first kappa shape index (κ1) is 19.4. The molecule has 3 aromatic carbocycles. The molecule has 0 saturated heterocycles. The molecule has 0 radical (unpaired) electrons. The lowest BCUT2D eigenvalue weighted by Crippen LogP contribution is -1.97. The molecule has 2 heterocycles. The van der Waals surface area contributed by atoms with Gasteiger partial charge in [-0.3, -0.25) is 4.98 Å². The van der Waals surface area contributed by atoms with Gasteiger partial charge in [0.2, 0.25) is 0 Å². The SMILES string of the molecule is COc1ccc(-c2nn(-c3ccc(Cl)cc3)c3c2cnc2ccc(C)cc23)cc1OC. The van der Waals surface area contributed by atoms with E-state index in [1.807, 2.05) is 59.4 Å². The van der Waals surface area contributed by atoms with Crippen LogP contribution in [0.4, 0.5) is 0 Å². The molecular formula is C25H20ClN3O2. The highest BCUT2D eigenvalue weighted by Gasteiger charge is 2.18. The van der Waals surface area contributed by atoms with E-state index in [0.29, 0.717) is 16.5 Å². The summed E-state index contributed by atoms with van der Waals surface area (Å²) in [5.74, 6) is 1.32. The molecule has 154 valence electrons. The molecule has 0 spiro atoms. The Morgan fingerprint density at radius 1 is 0.839 bits per heavy atom. The highest BCUT2D eigenvalue weighted by molar-refractivity contribution is 6.30. The molecule has 5 rings (SSSR count). The molecule has 0 bridgehead atoms. The summed E-state index contributed by atoms with van der Waals surface area (Å²) in [5.41, 5.74) is 5.76. The molecule has 0 atom stereocenters. The van der Waals surface area contributed by atoms with Crippen LogP contribution in [-0.4, -0.2) is 29.0 Å². The Hall–Kier alpha value is -3.57. The van der Waals surface area contributed by atoms with Gasteiger partial charge in [-0.1, -0.05) is 23.2 Å². The number of ether oxygens (including phenoxy) is 2. The molecule has 5 nitrogen and oxygen atoms in total. The predicted molar refractivity (Wildman–Crippen MR) is 125 cm³/mol. The minimum atomic E-state index is 0.652. The third-order valence-corrected chi connectivity index (χ3v) is 5.64. The summed E-state index contributed by atoms with van der Waals surface area (Å²) in [4.78, 5) is 4.70. The number of fused-ring (bicyclic) bond motifs is 3. The van der Waals surface area contributed by atoms with E-state index in [4.69, 9.17) is 31.2 Å². The van der Waals surface area contributed by atoms with Crippen molar-refractivity contribution in [1.29, 1.82) is 0 Å². The lowest BCUT2D eigenvalue weighted by atomic mass is 10.1. The number of rotatable bonds is 4. The highest BCUT2D eigenvalue weighted by atomic mass is 35.5. The van der Waals surface area contributed by atoms with Crippen molar-refractivity contribution < 1.29 is 9.47 Å². The fourth-order valence-corrected chi connectivity index (χ4v) is 3.99. The van der Waals surface area contributed by atoms with Crippen LogP contribution in [0.5, 0.6) is 11.5 Å². The molecular weight excluding hydrogens is 410 g/mol. The molecule has 0 aliphatic carbocycles. The maximum Gasteiger partial charge on any atom is 0.161 e. The van der Waals surface area contributed by atoms with Crippen LogP contribution < -0.4 is 9.47 Å². The molecule has 0 amide bonds. The van der Waals surface area contributed by atoms with Crippen molar-refractivity contribution in [1.82, 2.24) is 14.8 Å². The average Bonchev–Trinajstić information content (AvgIpc) is 3.19. The number of halogens is 1. The second-order valence-corrected chi connectivity index (χ2v) is 7.78. The number of nitrogens with zero attached hydrogens (tertiary/aromatic N) is 3. The number of hydrogen-bond acceptors (Lipinski definition) is 4. The summed E-state index contributed by atoms with van der Waals surface area (Å²) in [6.07, 6.45) is 1.89. The number of aromatic nitrogens is 3. The van der Waals surface area contributed by atoms with Crippen molar-refractivity contribution in [3.63, 3.8) is 0 Å². The van der Waals surface area contributed by atoms with Crippen molar-refractivity contribution in [3.8, 4) is 28.4 Å². The Morgan fingerprint density at radius 3 is 2.35 bits per heavy atom. The third-order valence-electron chi connectivity index (χ3n) is 5.39. The molecule has 0 N–H and O–H groups in total. The van der Waals surface area contributed by atoms with Gasteiger partial charge >= 0.3 is 0 Å². The fraction of sp³-hybridized carbons (Fsp3) is 0.120. The Kier molecular flexibility index (Phi) is 4.75. The standard InChI is InChI=1S/C25H20ClN3O2/c1-15-4-10-21-19(12-15)25-20(14-27-21)24(16-5-11-22(30-2)23(13-16)31-3)28-29(25)18-8-6-17(26)7-9-18/h4-14H,1-3H3. The lowest BCUT2D eigenvalue weighted by Gasteiger charge is -2.08. The predicted octanol–water partition coefficient (Wildman–Crippen LogP) is 6.22. The average molecular weight is 430 g/mol. The Labute approximate surface area is 184 Å². The smallest absolute Gasteiger partial charge is 0.161 e. The quantitative estimate of drug-likeness (QED) is 0.340. The van der Waals surface area contributed by atoms with E-state index >= 15 is 0 Å². The largest absolute Gasteiger partial charge is 0.493 e. The first-order valence-electron chi connectivity index (χ1n) is 9.85. The third kappa shape index (κ3) is 3.27. The highest BCUT2D eigenvalue weighted by Crippen LogP contribution is 2.37. The number of pyridine rings is 1. The molecule has 0 aliphatic rings. The van der Waals surface area contributed by atoms with Gasteiger partial charge in [0.25, 0.3) is 0 Å². The first-order valence-corrected chi connectivity index (χ1v) is 10.2. The van der Waals surface area contributed by atoms with Crippen molar-refractivity contribution >= 4 is 33.4 Å². The summed E-state index contributed by atoms with van der Waals surface area (Å²) in [7, 11) is 3.25. The van der Waals surface area contributed by atoms with E-state index in [-0.39, 0.29) is 0 Å². The van der Waals surface area contributed by atoms with Crippen LogP contribution in [0.25, 0.3) is 38.8 Å². The van der Waals surface area contributed by atoms with E-state index in [0.717, 1.165) is 38.8 Å². The van der Waals surface area contributed by atoms with Crippen molar-refractivity contribution in [2.24, 2.45) is 0 Å². The van der Waals surface area contributed by atoms with E-state index in [9.17, 15) is 0 Å². The van der Waals surface area contributed by atoms with E-state index in [1.54, 1.807) is 14.2 Å². The van der Waals surface area contributed by atoms with Crippen LogP contribution in [0.2, 0.25) is 5.02 Å². The second-order valence-electron chi connectivity index (χ2n) is 7.35. The lowest BCUT2D eigenvalue weighted by molar-refractivity contribution is 0.355. The molecule has 0 saturated carbocycles. The van der Waals surface area contributed by atoms with Crippen LogP contribution in [0.1, 0.15) is 5.56 Å². The van der Waals surface area contributed by atoms with Gasteiger partial charge in [0, 0.05) is 27.6 Å². The zero-order valence-corrected chi connectivity index (χ0v) is 18.1.